The number of phenolic OH excluding ortho intramolecular Hbond substituents is 1. The number of carbonyl (C=O) groups is 1. The number of pyridine rings is 1. The van der Waals surface area contributed by atoms with Gasteiger partial charge in [-0.3, -0.25) is 9.78 Å². The van der Waals surface area contributed by atoms with Crippen LogP contribution in [0, 0.1) is 11.3 Å². The smallest absolute Gasteiger partial charge is 0.195 e. The van der Waals surface area contributed by atoms with Gasteiger partial charge in [-0.25, -0.2) is 0 Å². The van der Waals surface area contributed by atoms with Crippen LogP contribution in [0.25, 0.3) is 10.9 Å². The third kappa shape index (κ3) is 2.32. The van der Waals surface area contributed by atoms with Gasteiger partial charge in [-0.1, -0.05) is 18.5 Å². The van der Waals surface area contributed by atoms with E-state index in [1.165, 1.54) is 12.1 Å². The maximum atomic E-state index is 13.1. The number of benzene rings is 1. The summed E-state index contributed by atoms with van der Waals surface area (Å²) in [5.74, 6) is -0.546. The lowest BCUT2D eigenvalue weighted by Crippen LogP contribution is -2.06. The van der Waals surface area contributed by atoms with Crippen molar-refractivity contribution in [3.8, 4) is 11.8 Å². The molecule has 3 rings (SSSR count). The number of nitrogens with zero attached hydrogens (tertiary/aromatic N) is 3. The molecule has 6 heteroatoms. The third-order valence-electron chi connectivity index (χ3n) is 4.13. The summed E-state index contributed by atoms with van der Waals surface area (Å²) in [6.07, 6.45) is 4.03. The first-order valence-electron chi connectivity index (χ1n) is 7.38. The summed E-state index contributed by atoms with van der Waals surface area (Å²) in [6, 6.07) is 6.40. The molecule has 0 fully saturated rings. The largest absolute Gasteiger partial charge is 0.505 e. The number of aromatic hydroxyl groups is 1. The van der Waals surface area contributed by atoms with Crippen molar-refractivity contribution in [2.75, 3.05) is 0 Å². The molecule has 0 saturated carbocycles. The fourth-order valence-corrected chi connectivity index (χ4v) is 3.18. The number of ketones is 1. The minimum absolute atomic E-state index is 0.0163. The Morgan fingerprint density at radius 1 is 1.46 bits per heavy atom. The van der Waals surface area contributed by atoms with E-state index in [1.54, 1.807) is 18.5 Å². The molecular formula is C18H14ClN3O2. The Bertz CT molecular complexity index is 1020. The molecular weight excluding hydrogens is 326 g/mol. The predicted octanol–water partition coefficient (Wildman–Crippen LogP) is 3.60. The molecule has 2 aromatic heterocycles. The molecule has 0 spiro atoms. The van der Waals surface area contributed by atoms with Crippen LogP contribution in [0.2, 0.25) is 5.02 Å². The van der Waals surface area contributed by atoms with Crippen LogP contribution in [0.3, 0.4) is 0 Å². The van der Waals surface area contributed by atoms with E-state index in [9.17, 15) is 9.90 Å². The Labute approximate surface area is 143 Å². The third-order valence-corrected chi connectivity index (χ3v) is 4.42. The molecule has 5 nitrogen and oxygen atoms in total. The number of carbonyl (C=O) groups excluding carboxylic acids is 1. The molecule has 3 aromatic rings. The number of halogens is 1. The molecule has 0 saturated heterocycles. The van der Waals surface area contributed by atoms with E-state index in [1.807, 2.05) is 24.6 Å². The molecule has 0 aliphatic rings. The van der Waals surface area contributed by atoms with Crippen LogP contribution < -0.4 is 0 Å². The van der Waals surface area contributed by atoms with E-state index < -0.39 is 0 Å². The minimum atomic E-state index is -0.312. The minimum Gasteiger partial charge on any atom is -0.505 e. The van der Waals surface area contributed by atoms with Crippen molar-refractivity contribution in [2.24, 2.45) is 7.05 Å². The summed E-state index contributed by atoms with van der Waals surface area (Å²) in [4.78, 5) is 17.2. The molecule has 24 heavy (non-hydrogen) atoms. The second kappa shape index (κ2) is 5.99. The summed E-state index contributed by atoms with van der Waals surface area (Å²) in [5.41, 5.74) is 2.57. The molecule has 0 aliphatic heterocycles. The molecule has 0 aliphatic carbocycles. The number of aryl methyl sites for hydroxylation is 1. The predicted molar refractivity (Wildman–Crippen MR) is 91.4 cm³/mol. The molecule has 120 valence electrons. The van der Waals surface area contributed by atoms with Gasteiger partial charge < -0.3 is 9.67 Å². The van der Waals surface area contributed by atoms with Gasteiger partial charge in [-0.2, -0.15) is 5.26 Å². The number of aromatic nitrogens is 2. The summed E-state index contributed by atoms with van der Waals surface area (Å²) in [6.45, 7) is 1.98. The Morgan fingerprint density at radius 3 is 2.88 bits per heavy atom. The van der Waals surface area contributed by atoms with Crippen molar-refractivity contribution in [3.05, 3.63) is 58.0 Å². The highest BCUT2D eigenvalue weighted by molar-refractivity contribution is 6.33. The Hall–Kier alpha value is -2.84. The van der Waals surface area contributed by atoms with Gasteiger partial charge >= 0.3 is 0 Å². The summed E-state index contributed by atoms with van der Waals surface area (Å²) in [5, 5.41) is 19.7. The van der Waals surface area contributed by atoms with Crippen LogP contribution in [-0.2, 0) is 13.5 Å². The second-order valence-electron chi connectivity index (χ2n) is 5.42. The normalized spacial score (nSPS) is 10.8. The first-order valence-corrected chi connectivity index (χ1v) is 7.76. The van der Waals surface area contributed by atoms with Crippen molar-refractivity contribution in [1.29, 1.82) is 5.26 Å². The average molecular weight is 340 g/mol. The van der Waals surface area contributed by atoms with Crippen molar-refractivity contribution in [2.45, 2.75) is 13.3 Å². The topological polar surface area (TPSA) is 78.9 Å². The Balaban J connectivity index is 2.27. The zero-order valence-electron chi connectivity index (χ0n) is 13.2. The lowest BCUT2D eigenvalue weighted by atomic mass is 9.98. The standard InChI is InChI=1S/C18H14ClN3O2/c1-3-14-16(12-4-5-21-9-15(12)22(14)2)18(24)10-6-11(8-20)17(23)13(19)7-10/h4-7,9,23H,3H2,1-2H3. The molecule has 2 heterocycles. The van der Waals surface area contributed by atoms with Gasteiger partial charge in [0.15, 0.2) is 11.5 Å². The maximum absolute atomic E-state index is 13.1. The Kier molecular flexibility index (Phi) is 4.00. The van der Waals surface area contributed by atoms with Crippen LogP contribution in [0.1, 0.15) is 34.1 Å². The van der Waals surface area contributed by atoms with Gasteiger partial charge in [-0.15, -0.1) is 0 Å². The molecule has 1 N–H and O–H groups in total. The molecule has 0 amide bonds. The molecule has 0 bridgehead atoms. The molecule has 0 radical (unpaired) electrons. The van der Waals surface area contributed by atoms with Crippen molar-refractivity contribution in [1.82, 2.24) is 9.55 Å². The van der Waals surface area contributed by atoms with Crippen molar-refractivity contribution >= 4 is 28.3 Å². The molecule has 1 aromatic carbocycles. The molecule has 0 unspecified atom stereocenters. The Morgan fingerprint density at radius 2 is 2.21 bits per heavy atom. The molecule has 0 atom stereocenters. The lowest BCUT2D eigenvalue weighted by Gasteiger charge is -2.07. The van der Waals surface area contributed by atoms with E-state index >= 15 is 0 Å². The van der Waals surface area contributed by atoms with Gasteiger partial charge in [0.2, 0.25) is 0 Å². The summed E-state index contributed by atoms with van der Waals surface area (Å²) in [7, 11) is 1.89. The van der Waals surface area contributed by atoms with Crippen LogP contribution in [0.4, 0.5) is 0 Å². The fourth-order valence-electron chi connectivity index (χ4n) is 2.96. The van der Waals surface area contributed by atoms with Crippen molar-refractivity contribution in [3.63, 3.8) is 0 Å². The zero-order valence-corrected chi connectivity index (χ0v) is 13.9. The SMILES string of the molecule is CCc1c(C(=O)c2cc(Cl)c(O)c(C#N)c2)c2ccncc2n1C. The van der Waals surface area contributed by atoms with Crippen LogP contribution in [-0.4, -0.2) is 20.4 Å². The van der Waals surface area contributed by atoms with E-state index in [-0.39, 0.29) is 27.7 Å². The number of hydrogen-bond acceptors (Lipinski definition) is 4. The summed E-state index contributed by atoms with van der Waals surface area (Å²) < 4.78 is 1.95. The van der Waals surface area contributed by atoms with Crippen LogP contribution in [0.15, 0.2) is 30.6 Å². The van der Waals surface area contributed by atoms with Crippen LogP contribution >= 0.6 is 11.6 Å². The van der Waals surface area contributed by atoms with E-state index in [0.717, 1.165) is 16.6 Å². The van der Waals surface area contributed by atoms with Gasteiger partial charge in [0.25, 0.3) is 0 Å². The van der Waals surface area contributed by atoms with Gasteiger partial charge in [0.05, 0.1) is 27.9 Å². The first-order chi connectivity index (χ1) is 11.5. The quantitative estimate of drug-likeness (QED) is 0.739. The maximum Gasteiger partial charge on any atom is 0.195 e. The fraction of sp³-hybridized carbons (Fsp3) is 0.167. The van der Waals surface area contributed by atoms with Crippen LogP contribution in [0.5, 0.6) is 5.75 Å². The number of rotatable bonds is 3. The highest BCUT2D eigenvalue weighted by Gasteiger charge is 2.23. The summed E-state index contributed by atoms with van der Waals surface area (Å²) >= 11 is 5.96. The lowest BCUT2D eigenvalue weighted by molar-refractivity contribution is 0.103. The van der Waals surface area contributed by atoms with Gasteiger partial charge in [-0.05, 0) is 24.6 Å². The van der Waals surface area contributed by atoms with Crippen molar-refractivity contribution < 1.29 is 9.90 Å². The highest BCUT2D eigenvalue weighted by atomic mass is 35.5. The van der Waals surface area contributed by atoms with Gasteiger partial charge in [0, 0.05) is 29.9 Å². The highest BCUT2D eigenvalue weighted by Crippen LogP contribution is 2.32. The number of nitriles is 1. The average Bonchev–Trinajstić information content (AvgIpc) is 2.89. The van der Waals surface area contributed by atoms with E-state index in [0.29, 0.717) is 12.0 Å². The second-order valence-corrected chi connectivity index (χ2v) is 5.83. The number of fused-ring (bicyclic) bond motifs is 1. The zero-order chi connectivity index (χ0) is 17.4. The van der Waals surface area contributed by atoms with E-state index in [2.05, 4.69) is 4.98 Å². The number of hydrogen-bond donors (Lipinski definition) is 1. The first kappa shape index (κ1) is 16.0. The monoisotopic (exact) mass is 339 g/mol. The van der Waals surface area contributed by atoms with E-state index in [4.69, 9.17) is 16.9 Å². The van der Waals surface area contributed by atoms with Gasteiger partial charge in [0.1, 0.15) is 6.07 Å². The number of phenols is 1.